The molecule has 0 amide bonds. The van der Waals surface area contributed by atoms with Crippen LogP contribution in [0.5, 0.6) is 0 Å². The van der Waals surface area contributed by atoms with Crippen LogP contribution in [0.3, 0.4) is 0 Å². The quantitative estimate of drug-likeness (QED) is 0.582. The fraction of sp³-hybridized carbons (Fsp3) is 0.600. The van der Waals surface area contributed by atoms with E-state index < -0.39 is 11.1 Å². The van der Waals surface area contributed by atoms with Crippen molar-refractivity contribution in [3.8, 4) is 0 Å². The normalized spacial score (nSPS) is 11.1. The molecule has 0 saturated heterocycles. The molecule has 0 aliphatic rings. The Morgan fingerprint density at radius 2 is 2.30 bits per heavy atom. The number of methoxy groups -OCH3 is 1. The zero-order chi connectivity index (χ0) is 8.41. The highest BCUT2D eigenvalue weighted by atomic mass is 32.2. The number of hydrogen-bond donors (Lipinski definition) is 1. The minimum absolute atomic E-state index is 0.122. The summed E-state index contributed by atoms with van der Waals surface area (Å²) in [6.45, 7) is 3.51. The number of rotatable bonds is 3. The van der Waals surface area contributed by atoms with Crippen molar-refractivity contribution in [2.45, 2.75) is 0 Å². The SMILES string of the molecule is C=CS(=O)[O-].COCCO. The standard InChI is InChI=1S/C3H8O2.C2H4O2S/c1-5-3-2-4;1-2-5(3)4/h4H,2-3H2,1H3;2H,1H2,(H,3,4)/p-1. The lowest BCUT2D eigenvalue weighted by Crippen LogP contribution is -1.91. The van der Waals surface area contributed by atoms with Crippen molar-refractivity contribution in [1.82, 2.24) is 0 Å². The Bertz CT molecular complexity index is 91.6. The van der Waals surface area contributed by atoms with Gasteiger partial charge in [0, 0.05) is 7.11 Å². The van der Waals surface area contributed by atoms with Crippen LogP contribution in [0, 0.1) is 0 Å². The molecule has 4 nitrogen and oxygen atoms in total. The van der Waals surface area contributed by atoms with Gasteiger partial charge in [0.05, 0.1) is 13.2 Å². The van der Waals surface area contributed by atoms with Crippen molar-refractivity contribution in [3.05, 3.63) is 12.0 Å². The van der Waals surface area contributed by atoms with E-state index in [1.54, 1.807) is 7.11 Å². The molecule has 0 aromatic heterocycles. The summed E-state index contributed by atoms with van der Waals surface area (Å²) in [5.74, 6) is 0. The van der Waals surface area contributed by atoms with E-state index in [0.29, 0.717) is 6.61 Å². The Balaban J connectivity index is 0. The minimum Gasteiger partial charge on any atom is -0.769 e. The molecule has 0 aromatic carbocycles. The second-order valence-corrected chi connectivity index (χ2v) is 2.00. The van der Waals surface area contributed by atoms with Gasteiger partial charge in [0.25, 0.3) is 0 Å². The van der Waals surface area contributed by atoms with Gasteiger partial charge in [0.2, 0.25) is 0 Å². The van der Waals surface area contributed by atoms with Crippen LogP contribution in [0.25, 0.3) is 0 Å². The lowest BCUT2D eigenvalue weighted by atomic mass is 10.8. The first-order chi connectivity index (χ1) is 4.68. The first kappa shape index (κ1) is 12.4. The molecule has 0 spiro atoms. The van der Waals surface area contributed by atoms with Crippen LogP contribution < -0.4 is 0 Å². The maximum absolute atomic E-state index is 9.25. The van der Waals surface area contributed by atoms with Crippen LogP contribution in [0.15, 0.2) is 12.0 Å². The second-order valence-electron chi connectivity index (χ2n) is 1.14. The molecular weight excluding hydrogens is 156 g/mol. The molecule has 0 saturated carbocycles. The van der Waals surface area contributed by atoms with E-state index >= 15 is 0 Å². The first-order valence-corrected chi connectivity index (χ1v) is 3.63. The fourth-order valence-electron chi connectivity index (χ4n) is 0.0913. The summed E-state index contributed by atoms with van der Waals surface area (Å²) < 4.78 is 22.9. The molecule has 0 fully saturated rings. The molecule has 0 aliphatic carbocycles. The Morgan fingerprint density at radius 1 is 1.90 bits per heavy atom. The number of ether oxygens (including phenoxy) is 1. The van der Waals surface area contributed by atoms with E-state index in [4.69, 9.17) is 5.11 Å². The van der Waals surface area contributed by atoms with Gasteiger partial charge in [-0.05, 0) is 16.5 Å². The Hall–Kier alpha value is -0.230. The van der Waals surface area contributed by atoms with Gasteiger partial charge in [-0.15, -0.1) is 0 Å². The average molecular weight is 167 g/mol. The molecule has 1 N–H and O–H groups in total. The van der Waals surface area contributed by atoms with E-state index in [2.05, 4.69) is 11.3 Å². The molecule has 0 radical (unpaired) electrons. The number of aliphatic hydroxyl groups is 1. The van der Waals surface area contributed by atoms with Crippen LogP contribution in [0.2, 0.25) is 0 Å². The zero-order valence-electron chi connectivity index (χ0n) is 5.78. The van der Waals surface area contributed by atoms with Gasteiger partial charge in [-0.2, -0.15) is 0 Å². The maximum Gasteiger partial charge on any atom is 0.0693 e. The zero-order valence-corrected chi connectivity index (χ0v) is 6.60. The highest BCUT2D eigenvalue weighted by molar-refractivity contribution is 7.82. The molecule has 10 heavy (non-hydrogen) atoms. The lowest BCUT2D eigenvalue weighted by Gasteiger charge is -1.88. The molecule has 0 bridgehead atoms. The van der Waals surface area contributed by atoms with Crippen LogP contribution in [0.4, 0.5) is 0 Å². The van der Waals surface area contributed by atoms with Crippen molar-refractivity contribution >= 4 is 11.1 Å². The van der Waals surface area contributed by atoms with Crippen molar-refractivity contribution in [3.63, 3.8) is 0 Å². The van der Waals surface area contributed by atoms with E-state index in [0.717, 1.165) is 5.41 Å². The summed E-state index contributed by atoms with van der Waals surface area (Å²) in [5.41, 5.74) is 0. The summed E-state index contributed by atoms with van der Waals surface area (Å²) in [6, 6.07) is 0. The van der Waals surface area contributed by atoms with Crippen molar-refractivity contribution in [2.75, 3.05) is 20.3 Å². The van der Waals surface area contributed by atoms with E-state index in [9.17, 15) is 8.76 Å². The van der Waals surface area contributed by atoms with Crippen molar-refractivity contribution in [2.24, 2.45) is 0 Å². The van der Waals surface area contributed by atoms with Crippen molar-refractivity contribution in [1.29, 1.82) is 0 Å². The third kappa shape index (κ3) is 25.1. The van der Waals surface area contributed by atoms with Gasteiger partial charge in [-0.3, -0.25) is 4.21 Å². The van der Waals surface area contributed by atoms with Gasteiger partial charge in [-0.25, -0.2) is 0 Å². The molecule has 0 aromatic rings. The third-order valence-corrected chi connectivity index (χ3v) is 0.704. The van der Waals surface area contributed by atoms with Gasteiger partial charge in [0.1, 0.15) is 0 Å². The van der Waals surface area contributed by atoms with E-state index in [-0.39, 0.29) is 6.61 Å². The van der Waals surface area contributed by atoms with Crippen LogP contribution >= 0.6 is 0 Å². The largest absolute Gasteiger partial charge is 0.769 e. The molecule has 5 heteroatoms. The number of hydrogen-bond acceptors (Lipinski definition) is 4. The first-order valence-electron chi connectivity index (χ1n) is 2.49. The molecular formula is C5H11O4S-. The topological polar surface area (TPSA) is 69.6 Å². The monoisotopic (exact) mass is 167 g/mol. The lowest BCUT2D eigenvalue weighted by molar-refractivity contribution is 0.135. The van der Waals surface area contributed by atoms with E-state index in [1.165, 1.54) is 0 Å². The summed E-state index contributed by atoms with van der Waals surface area (Å²) >= 11 is -2.06. The third-order valence-electron chi connectivity index (χ3n) is 0.431. The molecule has 1 unspecified atom stereocenters. The molecule has 0 aliphatic heterocycles. The van der Waals surface area contributed by atoms with Crippen LogP contribution in [0.1, 0.15) is 0 Å². The van der Waals surface area contributed by atoms with Gasteiger partial charge < -0.3 is 14.4 Å². The minimum atomic E-state index is -2.06. The smallest absolute Gasteiger partial charge is 0.0693 e. The molecule has 1 atom stereocenters. The Labute approximate surface area is 62.8 Å². The average Bonchev–Trinajstić information content (AvgIpc) is 1.91. The molecule has 0 heterocycles. The summed E-state index contributed by atoms with van der Waals surface area (Å²) in [7, 11) is 1.55. The Morgan fingerprint density at radius 3 is 2.30 bits per heavy atom. The Kier molecular flexibility index (Phi) is 14.4. The highest BCUT2D eigenvalue weighted by Crippen LogP contribution is 1.64. The molecule has 62 valence electrons. The highest BCUT2D eigenvalue weighted by Gasteiger charge is 1.67. The fourth-order valence-corrected chi connectivity index (χ4v) is 0.0913. The van der Waals surface area contributed by atoms with Crippen LogP contribution in [-0.2, 0) is 15.8 Å². The second kappa shape index (κ2) is 11.6. The summed E-state index contributed by atoms with van der Waals surface area (Å²) in [6.07, 6.45) is 0. The maximum atomic E-state index is 9.25. The number of aliphatic hydroxyl groups excluding tert-OH is 1. The summed E-state index contributed by atoms with van der Waals surface area (Å²) in [4.78, 5) is 0. The van der Waals surface area contributed by atoms with Gasteiger partial charge in [0.15, 0.2) is 0 Å². The van der Waals surface area contributed by atoms with Gasteiger partial charge >= 0.3 is 0 Å². The molecule has 0 rings (SSSR count). The van der Waals surface area contributed by atoms with Gasteiger partial charge in [-0.1, -0.05) is 6.58 Å². The van der Waals surface area contributed by atoms with Crippen LogP contribution in [-0.4, -0.2) is 34.2 Å². The van der Waals surface area contributed by atoms with E-state index in [1.807, 2.05) is 0 Å². The predicted octanol–water partition coefficient (Wildman–Crippen LogP) is -0.366. The predicted molar refractivity (Wildman–Crippen MR) is 38.1 cm³/mol. The summed E-state index contributed by atoms with van der Waals surface area (Å²) in [5, 5.41) is 8.77. The van der Waals surface area contributed by atoms with Crippen molar-refractivity contribution < 1.29 is 18.6 Å².